The summed E-state index contributed by atoms with van der Waals surface area (Å²) in [7, 11) is 0. The molecule has 0 saturated carbocycles. The highest BCUT2D eigenvalue weighted by Crippen LogP contribution is 2.14. The average molecular weight is 376 g/mol. The van der Waals surface area contributed by atoms with Crippen LogP contribution < -0.4 is 4.57 Å². The first-order chi connectivity index (χ1) is 13.4. The van der Waals surface area contributed by atoms with E-state index in [1.165, 1.54) is 109 Å². The molecule has 0 N–H and O–H groups in total. The van der Waals surface area contributed by atoms with Crippen LogP contribution in [0.5, 0.6) is 0 Å². The van der Waals surface area contributed by atoms with Crippen LogP contribution in [0.25, 0.3) is 6.20 Å². The van der Waals surface area contributed by atoms with Gasteiger partial charge in [-0.15, -0.1) is 0 Å². The van der Waals surface area contributed by atoms with Crippen molar-refractivity contribution in [3.05, 3.63) is 24.8 Å². The van der Waals surface area contributed by atoms with Crippen molar-refractivity contribution in [3.63, 3.8) is 0 Å². The number of aryl methyl sites for hydroxylation is 1. The highest BCUT2D eigenvalue weighted by molar-refractivity contribution is 5.19. The molecule has 0 saturated heterocycles. The highest BCUT2D eigenvalue weighted by Gasteiger charge is 1.97. The Hall–Kier alpha value is -1.05. The molecule has 0 unspecified atom stereocenters. The molecule has 0 aromatic carbocycles. The summed E-state index contributed by atoms with van der Waals surface area (Å²) in [6.07, 6.45) is 35.1. The van der Waals surface area contributed by atoms with Crippen molar-refractivity contribution in [3.8, 4) is 0 Å². The van der Waals surface area contributed by atoms with Gasteiger partial charge in [-0.1, -0.05) is 103 Å². The largest absolute Gasteiger partial charge is 0.248 e. The third-order valence-electron chi connectivity index (χ3n) is 5.58. The second-order valence-electron chi connectivity index (χ2n) is 8.17. The molecule has 0 aliphatic heterocycles. The van der Waals surface area contributed by atoms with Crippen LogP contribution in [-0.4, -0.2) is 4.57 Å². The Bertz CT molecular complexity index is 447. The Labute approximate surface area is 170 Å². The predicted octanol–water partition coefficient (Wildman–Crippen LogP) is 7.92. The first-order valence-electron chi connectivity index (χ1n) is 12.1. The summed E-state index contributed by atoms with van der Waals surface area (Å²) in [4.78, 5) is 0. The lowest BCUT2D eigenvalue weighted by molar-refractivity contribution is -0.692. The van der Waals surface area contributed by atoms with E-state index in [2.05, 4.69) is 54.0 Å². The summed E-state index contributed by atoms with van der Waals surface area (Å²) in [5.74, 6) is 0. The summed E-state index contributed by atoms with van der Waals surface area (Å²) < 4.78 is 4.34. The fourth-order valence-electron chi connectivity index (χ4n) is 3.69. The molecule has 1 rings (SSSR count). The average Bonchev–Trinajstić information content (AvgIpc) is 3.15. The summed E-state index contributed by atoms with van der Waals surface area (Å²) in [6.45, 7) is 5.51. The van der Waals surface area contributed by atoms with Crippen LogP contribution in [0.1, 0.15) is 123 Å². The van der Waals surface area contributed by atoms with E-state index in [1.54, 1.807) is 0 Å². The molecule has 1 aromatic rings. The molecule has 0 radical (unpaired) electrons. The van der Waals surface area contributed by atoms with Crippen LogP contribution >= 0.6 is 0 Å². The minimum Gasteiger partial charge on any atom is -0.237 e. The smallest absolute Gasteiger partial charge is 0.237 e. The Kier molecular flexibility index (Phi) is 16.3. The van der Waals surface area contributed by atoms with Gasteiger partial charge in [-0.05, 0) is 25.8 Å². The van der Waals surface area contributed by atoms with Crippen molar-refractivity contribution in [2.75, 3.05) is 0 Å². The topological polar surface area (TPSA) is 8.81 Å². The number of unbranched alkanes of at least 4 members (excludes halogenated alkanes) is 16. The zero-order valence-corrected chi connectivity index (χ0v) is 18.5. The fraction of sp³-hybridized carbons (Fsp3) is 0.800. The molecule has 27 heavy (non-hydrogen) atoms. The Morgan fingerprint density at radius 2 is 1.15 bits per heavy atom. The third-order valence-corrected chi connectivity index (χ3v) is 5.58. The molecule has 0 spiro atoms. The monoisotopic (exact) mass is 375 g/mol. The van der Waals surface area contributed by atoms with Gasteiger partial charge in [0.15, 0.2) is 0 Å². The van der Waals surface area contributed by atoms with E-state index >= 15 is 0 Å². The molecule has 0 aliphatic carbocycles. The molecule has 0 bridgehead atoms. The number of rotatable bonds is 19. The molecule has 0 amide bonds. The van der Waals surface area contributed by atoms with E-state index in [4.69, 9.17) is 0 Å². The lowest BCUT2D eigenvalue weighted by Crippen LogP contribution is -2.28. The lowest BCUT2D eigenvalue weighted by atomic mass is 10.0. The van der Waals surface area contributed by atoms with E-state index in [9.17, 15) is 0 Å². The van der Waals surface area contributed by atoms with E-state index in [0.717, 1.165) is 6.54 Å². The van der Waals surface area contributed by atoms with Gasteiger partial charge in [-0.3, -0.25) is 0 Å². The zero-order valence-electron chi connectivity index (χ0n) is 18.5. The van der Waals surface area contributed by atoms with E-state index < -0.39 is 0 Å². The molecule has 156 valence electrons. The fourth-order valence-corrected chi connectivity index (χ4v) is 3.69. The van der Waals surface area contributed by atoms with E-state index in [-0.39, 0.29) is 0 Å². The summed E-state index contributed by atoms with van der Waals surface area (Å²) >= 11 is 0. The van der Waals surface area contributed by atoms with E-state index in [1.807, 2.05) is 0 Å². The summed E-state index contributed by atoms with van der Waals surface area (Å²) in [6, 6.07) is 0. The number of nitrogens with zero attached hydrogens (tertiary/aromatic N) is 2. The quantitative estimate of drug-likeness (QED) is 0.171. The highest BCUT2D eigenvalue weighted by atomic mass is 15.1. The maximum absolute atomic E-state index is 2.31. The molecular weight excluding hydrogens is 328 g/mol. The van der Waals surface area contributed by atoms with Gasteiger partial charge in [-0.2, -0.15) is 0 Å². The number of hydrogen-bond donors (Lipinski definition) is 0. The SMILES string of the molecule is CCCCCCCCCCCCCCCCCCC=Cn1cc[n+](CC)c1. The third kappa shape index (κ3) is 14.7. The normalized spacial score (nSPS) is 11.6. The lowest BCUT2D eigenvalue weighted by Gasteiger charge is -2.03. The van der Waals surface area contributed by atoms with Crippen LogP contribution in [0.4, 0.5) is 0 Å². The van der Waals surface area contributed by atoms with Gasteiger partial charge < -0.3 is 0 Å². The van der Waals surface area contributed by atoms with Gasteiger partial charge in [0.2, 0.25) is 6.33 Å². The maximum Gasteiger partial charge on any atom is 0.248 e. The summed E-state index contributed by atoms with van der Waals surface area (Å²) in [5.41, 5.74) is 0. The summed E-state index contributed by atoms with van der Waals surface area (Å²) in [5, 5.41) is 0. The van der Waals surface area contributed by atoms with Crippen molar-refractivity contribution in [1.29, 1.82) is 0 Å². The van der Waals surface area contributed by atoms with Crippen molar-refractivity contribution in [2.45, 2.75) is 130 Å². The minimum atomic E-state index is 1.04. The van der Waals surface area contributed by atoms with Gasteiger partial charge in [-0.25, -0.2) is 9.13 Å². The number of aromatic nitrogens is 2. The van der Waals surface area contributed by atoms with Crippen molar-refractivity contribution in [1.82, 2.24) is 4.57 Å². The first-order valence-corrected chi connectivity index (χ1v) is 12.1. The molecule has 0 aliphatic rings. The molecule has 0 fully saturated rings. The van der Waals surface area contributed by atoms with Crippen LogP contribution in [0.3, 0.4) is 0 Å². The zero-order chi connectivity index (χ0) is 19.4. The second-order valence-corrected chi connectivity index (χ2v) is 8.17. The van der Waals surface area contributed by atoms with Gasteiger partial charge in [0, 0.05) is 0 Å². The Morgan fingerprint density at radius 1 is 0.667 bits per heavy atom. The molecule has 1 aromatic heterocycles. The number of allylic oxidation sites excluding steroid dienone is 1. The van der Waals surface area contributed by atoms with Gasteiger partial charge >= 0.3 is 0 Å². The molecule has 1 heterocycles. The minimum absolute atomic E-state index is 1.04. The number of imidazole rings is 1. The van der Waals surface area contributed by atoms with Crippen LogP contribution in [0.2, 0.25) is 0 Å². The van der Waals surface area contributed by atoms with Gasteiger partial charge in [0.1, 0.15) is 12.4 Å². The van der Waals surface area contributed by atoms with Gasteiger partial charge in [0.05, 0.1) is 12.7 Å². The van der Waals surface area contributed by atoms with Gasteiger partial charge in [0.25, 0.3) is 0 Å². The second kappa shape index (κ2) is 18.3. The molecule has 0 atom stereocenters. The molecular formula is C25H47N2+. The van der Waals surface area contributed by atoms with E-state index in [0.29, 0.717) is 0 Å². The predicted molar refractivity (Wildman–Crippen MR) is 120 cm³/mol. The molecule has 2 heteroatoms. The van der Waals surface area contributed by atoms with Crippen LogP contribution in [-0.2, 0) is 6.54 Å². The number of hydrogen-bond acceptors (Lipinski definition) is 0. The van der Waals surface area contributed by atoms with Crippen LogP contribution in [0.15, 0.2) is 24.8 Å². The van der Waals surface area contributed by atoms with Crippen LogP contribution in [0, 0.1) is 0 Å². The first kappa shape index (κ1) is 24.0. The Balaban J connectivity index is 1.75. The molecule has 2 nitrogen and oxygen atoms in total. The standard InChI is InChI=1S/C25H47N2/c1-3-5-6-7-8-9-10-11-12-13-14-15-16-17-18-19-20-21-22-27-24-23-26(4-2)25-27/h21-25H,3-20H2,1-2H3/q+1. The van der Waals surface area contributed by atoms with Crippen molar-refractivity contribution >= 4 is 6.20 Å². The maximum atomic E-state index is 2.31. The Morgan fingerprint density at radius 3 is 1.59 bits per heavy atom. The van der Waals surface area contributed by atoms with Crippen molar-refractivity contribution < 1.29 is 4.57 Å². The van der Waals surface area contributed by atoms with Crippen molar-refractivity contribution in [2.24, 2.45) is 0 Å².